The van der Waals surface area contributed by atoms with Crippen molar-refractivity contribution in [3.63, 3.8) is 0 Å². The lowest BCUT2D eigenvalue weighted by atomic mass is 10.1. The third-order valence-corrected chi connectivity index (χ3v) is 4.09. The van der Waals surface area contributed by atoms with Gasteiger partial charge >= 0.3 is 5.97 Å². The molecule has 0 aliphatic carbocycles. The van der Waals surface area contributed by atoms with Gasteiger partial charge in [-0.3, -0.25) is 9.48 Å². The number of fused-ring (bicyclic) bond motifs is 1. The van der Waals surface area contributed by atoms with Crippen LogP contribution >= 0.6 is 0 Å². The number of amides is 1. The minimum atomic E-state index is -1.09. The van der Waals surface area contributed by atoms with Crippen LogP contribution in [-0.2, 0) is 4.74 Å². The first-order valence-electron chi connectivity index (χ1n) is 7.67. The molecule has 3 aromatic rings. The van der Waals surface area contributed by atoms with Crippen LogP contribution in [0, 0.1) is 0 Å². The molecule has 25 heavy (non-hydrogen) atoms. The van der Waals surface area contributed by atoms with Crippen molar-refractivity contribution in [1.82, 2.24) is 14.8 Å². The first-order chi connectivity index (χ1) is 12.1. The van der Waals surface area contributed by atoms with Crippen LogP contribution in [0.25, 0.3) is 10.8 Å². The minimum Gasteiger partial charge on any atom is -0.477 e. The molecule has 126 valence electrons. The Bertz CT molecular complexity index is 978. The first kappa shape index (κ1) is 15.3. The van der Waals surface area contributed by atoms with Crippen LogP contribution < -0.4 is 5.32 Å². The van der Waals surface area contributed by atoms with Gasteiger partial charge in [0.25, 0.3) is 5.91 Å². The van der Waals surface area contributed by atoms with Gasteiger partial charge in [-0.05, 0) is 17.5 Å². The quantitative estimate of drug-likeness (QED) is 0.753. The maximum atomic E-state index is 12.5. The van der Waals surface area contributed by atoms with Gasteiger partial charge in [-0.2, -0.15) is 5.10 Å². The van der Waals surface area contributed by atoms with Crippen LogP contribution in [0.15, 0.2) is 42.9 Å². The Balaban J connectivity index is 1.60. The number of benzene rings is 1. The number of aromatic nitrogens is 3. The summed E-state index contributed by atoms with van der Waals surface area (Å²) >= 11 is 0. The third kappa shape index (κ3) is 2.83. The van der Waals surface area contributed by atoms with Crippen LogP contribution in [0.2, 0.25) is 0 Å². The van der Waals surface area contributed by atoms with Crippen molar-refractivity contribution in [2.75, 3.05) is 18.5 Å². The van der Waals surface area contributed by atoms with E-state index in [-0.39, 0.29) is 17.6 Å². The molecule has 0 atom stereocenters. The predicted molar refractivity (Wildman–Crippen MR) is 88.7 cm³/mol. The smallest absolute Gasteiger partial charge is 0.354 e. The van der Waals surface area contributed by atoms with E-state index in [1.165, 1.54) is 18.5 Å². The summed E-state index contributed by atoms with van der Waals surface area (Å²) in [6.45, 7) is 1.20. The van der Waals surface area contributed by atoms with Crippen LogP contribution in [0.4, 0.5) is 5.69 Å². The Kier molecular flexibility index (Phi) is 3.66. The fourth-order valence-corrected chi connectivity index (χ4v) is 2.62. The van der Waals surface area contributed by atoms with Crippen molar-refractivity contribution < 1.29 is 19.4 Å². The van der Waals surface area contributed by atoms with E-state index in [2.05, 4.69) is 15.4 Å². The molecule has 2 N–H and O–H groups in total. The molecule has 0 radical (unpaired) electrons. The lowest BCUT2D eigenvalue weighted by molar-refractivity contribution is -0.0286. The molecule has 1 amide bonds. The Morgan fingerprint density at radius 1 is 1.28 bits per heavy atom. The highest BCUT2D eigenvalue weighted by Crippen LogP contribution is 2.24. The van der Waals surface area contributed by atoms with Crippen LogP contribution in [0.1, 0.15) is 26.9 Å². The topological polar surface area (TPSA) is 106 Å². The van der Waals surface area contributed by atoms with E-state index in [0.717, 1.165) is 0 Å². The number of carboxylic acids is 1. The van der Waals surface area contributed by atoms with Crippen LogP contribution in [0.5, 0.6) is 0 Å². The highest BCUT2D eigenvalue weighted by atomic mass is 16.5. The molecule has 0 saturated carbocycles. The van der Waals surface area contributed by atoms with Crippen molar-refractivity contribution in [2.24, 2.45) is 0 Å². The number of hydrogen-bond acceptors (Lipinski definition) is 5. The Labute approximate surface area is 142 Å². The summed E-state index contributed by atoms with van der Waals surface area (Å²) in [5.74, 6) is -1.38. The molecule has 8 heteroatoms. The molecule has 0 bridgehead atoms. The van der Waals surface area contributed by atoms with Gasteiger partial charge in [0.2, 0.25) is 0 Å². The molecule has 1 aliphatic heterocycles. The number of hydrogen-bond donors (Lipinski definition) is 2. The monoisotopic (exact) mass is 338 g/mol. The largest absolute Gasteiger partial charge is 0.477 e. The maximum Gasteiger partial charge on any atom is 0.354 e. The summed E-state index contributed by atoms with van der Waals surface area (Å²) in [7, 11) is 0. The molecule has 1 aliphatic rings. The van der Waals surface area contributed by atoms with Crippen molar-refractivity contribution >= 4 is 28.3 Å². The fraction of sp³-hybridized carbons (Fsp3) is 0.176. The molecule has 4 rings (SSSR count). The second kappa shape index (κ2) is 5.99. The number of pyridine rings is 1. The van der Waals surface area contributed by atoms with E-state index in [4.69, 9.17) is 9.84 Å². The number of carbonyl (C=O) groups excluding carboxylic acids is 1. The summed E-state index contributed by atoms with van der Waals surface area (Å²) < 4.78 is 6.84. The van der Waals surface area contributed by atoms with E-state index in [1.54, 1.807) is 29.1 Å². The third-order valence-electron chi connectivity index (χ3n) is 4.09. The summed E-state index contributed by atoms with van der Waals surface area (Å²) in [4.78, 5) is 27.4. The zero-order valence-electron chi connectivity index (χ0n) is 13.0. The van der Waals surface area contributed by atoms with Crippen molar-refractivity contribution in [1.29, 1.82) is 0 Å². The van der Waals surface area contributed by atoms with Gasteiger partial charge in [0.05, 0.1) is 36.7 Å². The van der Waals surface area contributed by atoms with E-state index in [0.29, 0.717) is 35.2 Å². The second-order valence-electron chi connectivity index (χ2n) is 5.76. The van der Waals surface area contributed by atoms with Gasteiger partial charge in [-0.15, -0.1) is 0 Å². The van der Waals surface area contributed by atoms with Crippen LogP contribution in [0.3, 0.4) is 0 Å². The highest BCUT2D eigenvalue weighted by molar-refractivity contribution is 6.09. The van der Waals surface area contributed by atoms with E-state index >= 15 is 0 Å². The number of rotatable bonds is 4. The van der Waals surface area contributed by atoms with Gasteiger partial charge in [-0.25, -0.2) is 9.78 Å². The number of ether oxygens (including phenoxy) is 1. The predicted octanol–water partition coefficient (Wildman–Crippen LogP) is 1.95. The molecule has 1 aromatic carbocycles. The summed E-state index contributed by atoms with van der Waals surface area (Å²) in [6, 6.07) is 6.92. The number of nitrogens with zero attached hydrogens (tertiary/aromatic N) is 3. The van der Waals surface area contributed by atoms with E-state index in [9.17, 15) is 9.59 Å². The van der Waals surface area contributed by atoms with Crippen molar-refractivity contribution in [3.8, 4) is 0 Å². The molecule has 1 fully saturated rings. The molecule has 3 heterocycles. The number of anilines is 1. The number of carbonyl (C=O) groups is 2. The molecule has 0 unspecified atom stereocenters. The number of nitrogens with one attached hydrogen (secondary N) is 1. The first-order valence-corrected chi connectivity index (χ1v) is 7.67. The van der Waals surface area contributed by atoms with Gasteiger partial charge in [0.1, 0.15) is 5.69 Å². The van der Waals surface area contributed by atoms with Gasteiger partial charge < -0.3 is 15.2 Å². The lowest BCUT2D eigenvalue weighted by Gasteiger charge is -2.25. The average Bonchev–Trinajstić information content (AvgIpc) is 3.02. The van der Waals surface area contributed by atoms with Gasteiger partial charge in [0, 0.05) is 17.8 Å². The second-order valence-corrected chi connectivity index (χ2v) is 5.76. The Morgan fingerprint density at radius 2 is 2.12 bits per heavy atom. The van der Waals surface area contributed by atoms with Crippen molar-refractivity contribution in [2.45, 2.75) is 6.04 Å². The SMILES string of the molecule is O=C(Nc1cccc2cc(C(=O)O)ncc12)c1cnn(C2COC2)c1. The Morgan fingerprint density at radius 3 is 2.84 bits per heavy atom. The normalized spacial score (nSPS) is 14.2. The van der Waals surface area contributed by atoms with Crippen molar-refractivity contribution in [3.05, 3.63) is 54.1 Å². The number of carboxylic acid groups (broad SMARTS) is 1. The van der Waals surface area contributed by atoms with E-state index in [1.807, 2.05) is 0 Å². The number of aromatic carboxylic acids is 1. The van der Waals surface area contributed by atoms with Gasteiger partial charge in [0.15, 0.2) is 0 Å². The molecule has 8 nitrogen and oxygen atoms in total. The molecular formula is C17H14N4O4. The standard InChI is InChI=1S/C17H14N4O4/c22-16(11-5-19-21(7-11)12-8-25-9-12)20-14-3-1-2-10-4-15(17(23)24)18-6-13(10)14/h1-7,12H,8-9H2,(H,20,22)(H,23,24). The molecular weight excluding hydrogens is 324 g/mol. The molecule has 0 spiro atoms. The average molecular weight is 338 g/mol. The lowest BCUT2D eigenvalue weighted by Crippen LogP contribution is -2.30. The van der Waals surface area contributed by atoms with Crippen LogP contribution in [-0.4, -0.2) is 45.0 Å². The zero-order valence-corrected chi connectivity index (χ0v) is 13.0. The van der Waals surface area contributed by atoms with Gasteiger partial charge in [-0.1, -0.05) is 12.1 Å². The fourth-order valence-electron chi connectivity index (χ4n) is 2.62. The maximum absolute atomic E-state index is 12.5. The molecule has 2 aromatic heterocycles. The highest BCUT2D eigenvalue weighted by Gasteiger charge is 2.22. The molecule has 1 saturated heterocycles. The summed E-state index contributed by atoms with van der Waals surface area (Å²) in [5.41, 5.74) is 0.964. The Hall–Kier alpha value is -3.26. The summed E-state index contributed by atoms with van der Waals surface area (Å²) in [5, 5.41) is 17.4. The van der Waals surface area contributed by atoms with E-state index < -0.39 is 5.97 Å². The minimum absolute atomic E-state index is 0.0417. The summed E-state index contributed by atoms with van der Waals surface area (Å²) in [6.07, 6.45) is 4.65. The zero-order chi connectivity index (χ0) is 17.4.